The van der Waals surface area contributed by atoms with Crippen molar-refractivity contribution < 1.29 is 19.1 Å². The fourth-order valence-electron chi connectivity index (χ4n) is 5.77. The van der Waals surface area contributed by atoms with Crippen molar-refractivity contribution in [2.75, 3.05) is 39.3 Å². The molecule has 6 heteroatoms. The first-order valence-electron chi connectivity index (χ1n) is 18.4. The summed E-state index contributed by atoms with van der Waals surface area (Å²) in [6.45, 7) is 13.7. The molecule has 6 nitrogen and oxygen atoms in total. The number of carbonyl (C=O) groups is 2. The van der Waals surface area contributed by atoms with Gasteiger partial charge in [0.2, 0.25) is 0 Å². The van der Waals surface area contributed by atoms with Crippen molar-refractivity contribution >= 4 is 11.9 Å². The van der Waals surface area contributed by atoms with Gasteiger partial charge in [-0.15, -0.1) is 0 Å². The SMILES string of the molecule is CCCCCCCN(CCCC)CC(=O)OCc1ccccc1-c1ccccc1COC(=O)CN(CCCC)CCCCCCC. The number of carbonyl (C=O) groups excluding carboxylic acids is 2. The number of benzene rings is 2. The molecule has 0 saturated heterocycles. The van der Waals surface area contributed by atoms with Crippen molar-refractivity contribution in [3.63, 3.8) is 0 Å². The Balaban J connectivity index is 1.99. The molecule has 2 aromatic carbocycles. The van der Waals surface area contributed by atoms with Crippen LogP contribution < -0.4 is 0 Å². The van der Waals surface area contributed by atoms with Crippen LogP contribution >= 0.6 is 0 Å². The maximum atomic E-state index is 13.0. The molecule has 258 valence electrons. The molecular formula is C40H64N2O4. The average molecular weight is 637 g/mol. The highest BCUT2D eigenvalue weighted by molar-refractivity contribution is 5.74. The topological polar surface area (TPSA) is 59.1 Å². The Kier molecular flexibility index (Phi) is 21.8. The van der Waals surface area contributed by atoms with Crippen LogP contribution in [0.1, 0.15) is 129 Å². The molecule has 46 heavy (non-hydrogen) atoms. The Hall–Kier alpha value is -2.70. The van der Waals surface area contributed by atoms with Gasteiger partial charge in [-0.25, -0.2) is 0 Å². The second-order valence-corrected chi connectivity index (χ2v) is 12.7. The van der Waals surface area contributed by atoms with E-state index in [0.29, 0.717) is 13.1 Å². The highest BCUT2D eigenvalue weighted by atomic mass is 16.5. The second-order valence-electron chi connectivity index (χ2n) is 12.7. The molecule has 0 aliphatic rings. The van der Waals surface area contributed by atoms with Gasteiger partial charge in [0.25, 0.3) is 0 Å². The van der Waals surface area contributed by atoms with E-state index in [2.05, 4.69) is 49.6 Å². The Morgan fingerprint density at radius 3 is 1.22 bits per heavy atom. The Morgan fingerprint density at radius 1 is 0.478 bits per heavy atom. The summed E-state index contributed by atoms with van der Waals surface area (Å²) in [5.41, 5.74) is 3.89. The maximum Gasteiger partial charge on any atom is 0.320 e. The van der Waals surface area contributed by atoms with E-state index in [1.54, 1.807) is 0 Å². The van der Waals surface area contributed by atoms with E-state index >= 15 is 0 Å². The predicted molar refractivity (Wildman–Crippen MR) is 192 cm³/mol. The van der Waals surface area contributed by atoms with Gasteiger partial charge in [0.15, 0.2) is 0 Å². The van der Waals surface area contributed by atoms with Gasteiger partial charge < -0.3 is 9.47 Å². The third-order valence-corrected chi connectivity index (χ3v) is 8.62. The van der Waals surface area contributed by atoms with Crippen molar-refractivity contribution in [2.24, 2.45) is 0 Å². The van der Waals surface area contributed by atoms with E-state index in [-0.39, 0.29) is 25.2 Å². The van der Waals surface area contributed by atoms with Crippen LogP contribution in [0.5, 0.6) is 0 Å². The molecule has 0 aliphatic heterocycles. The van der Waals surface area contributed by atoms with E-state index in [9.17, 15) is 9.59 Å². The van der Waals surface area contributed by atoms with Crippen LogP contribution in [0, 0.1) is 0 Å². The molecule has 0 radical (unpaired) electrons. The zero-order chi connectivity index (χ0) is 33.2. The zero-order valence-corrected chi connectivity index (χ0v) is 29.7. The number of hydrogen-bond donors (Lipinski definition) is 0. The Labute approximate surface area is 281 Å². The van der Waals surface area contributed by atoms with Crippen molar-refractivity contribution in [3.8, 4) is 11.1 Å². The third-order valence-electron chi connectivity index (χ3n) is 8.62. The first-order valence-corrected chi connectivity index (χ1v) is 18.4. The predicted octanol–water partition coefficient (Wildman–Crippen LogP) is 9.59. The van der Waals surface area contributed by atoms with Crippen LogP contribution in [0.15, 0.2) is 48.5 Å². The van der Waals surface area contributed by atoms with E-state index in [4.69, 9.17) is 9.47 Å². The summed E-state index contributed by atoms with van der Waals surface area (Å²) in [7, 11) is 0. The standard InChI is InChI=1S/C40H64N2O4/c1-5-9-13-15-21-29-41(27-11-7-3)31-39(43)45-33-35-23-17-19-25-37(35)38-26-20-18-24-36(38)34-46-40(44)32-42(28-12-8-4)30-22-16-14-10-6-2/h17-20,23-26H,5-16,21-22,27-34H2,1-4H3. The summed E-state index contributed by atoms with van der Waals surface area (Å²) < 4.78 is 11.7. The first kappa shape index (κ1) is 39.5. The van der Waals surface area contributed by atoms with Crippen LogP contribution in [0.2, 0.25) is 0 Å². The zero-order valence-electron chi connectivity index (χ0n) is 29.7. The van der Waals surface area contributed by atoms with Gasteiger partial charge in [-0.2, -0.15) is 0 Å². The maximum absolute atomic E-state index is 13.0. The third kappa shape index (κ3) is 16.7. The molecule has 0 atom stereocenters. The molecular weight excluding hydrogens is 572 g/mol. The molecule has 0 bridgehead atoms. The lowest BCUT2D eigenvalue weighted by Crippen LogP contribution is -2.33. The van der Waals surface area contributed by atoms with Crippen molar-refractivity contribution in [2.45, 2.75) is 131 Å². The molecule has 0 N–H and O–H groups in total. The lowest BCUT2D eigenvalue weighted by molar-refractivity contribution is -0.147. The van der Waals surface area contributed by atoms with Crippen LogP contribution in [0.25, 0.3) is 11.1 Å². The van der Waals surface area contributed by atoms with Gasteiger partial charge in [-0.05, 0) is 74.1 Å². The fraction of sp³-hybridized carbons (Fsp3) is 0.650. The largest absolute Gasteiger partial charge is 0.460 e. The smallest absolute Gasteiger partial charge is 0.320 e. The summed E-state index contributed by atoms with van der Waals surface area (Å²) in [5.74, 6) is -0.362. The van der Waals surface area contributed by atoms with Gasteiger partial charge in [0, 0.05) is 0 Å². The van der Waals surface area contributed by atoms with E-state index in [0.717, 1.165) is 87.0 Å². The van der Waals surface area contributed by atoms with Crippen LogP contribution in [0.4, 0.5) is 0 Å². The van der Waals surface area contributed by atoms with Gasteiger partial charge >= 0.3 is 11.9 Å². The van der Waals surface area contributed by atoms with E-state index < -0.39 is 0 Å². The van der Waals surface area contributed by atoms with Gasteiger partial charge in [-0.1, -0.05) is 140 Å². The molecule has 0 heterocycles. The first-order chi connectivity index (χ1) is 22.5. The second kappa shape index (κ2) is 25.4. The highest BCUT2D eigenvalue weighted by Gasteiger charge is 2.16. The molecule has 2 aromatic rings. The summed E-state index contributed by atoms with van der Waals surface area (Å²) in [4.78, 5) is 30.4. The number of nitrogens with zero attached hydrogens (tertiary/aromatic N) is 2. The lowest BCUT2D eigenvalue weighted by atomic mass is 9.96. The minimum absolute atomic E-state index is 0.181. The number of ether oxygens (including phenoxy) is 2. The van der Waals surface area contributed by atoms with Crippen molar-refractivity contribution in [1.29, 1.82) is 0 Å². The summed E-state index contributed by atoms with van der Waals surface area (Å²) in [6, 6.07) is 16.1. The van der Waals surface area contributed by atoms with Crippen LogP contribution in [-0.4, -0.2) is 61.0 Å². The van der Waals surface area contributed by atoms with E-state index in [1.807, 2.05) is 36.4 Å². The Morgan fingerprint density at radius 2 is 0.826 bits per heavy atom. The molecule has 0 unspecified atom stereocenters. The molecule has 0 fully saturated rings. The normalized spacial score (nSPS) is 11.3. The average Bonchev–Trinajstić information content (AvgIpc) is 3.07. The Bertz CT molecular complexity index is 1000. The highest BCUT2D eigenvalue weighted by Crippen LogP contribution is 2.28. The fourth-order valence-corrected chi connectivity index (χ4v) is 5.77. The van der Waals surface area contributed by atoms with Crippen LogP contribution in [-0.2, 0) is 32.3 Å². The minimum atomic E-state index is -0.181. The van der Waals surface area contributed by atoms with Crippen molar-refractivity contribution in [1.82, 2.24) is 9.80 Å². The molecule has 0 amide bonds. The minimum Gasteiger partial charge on any atom is -0.460 e. The summed E-state index contributed by atoms with van der Waals surface area (Å²) >= 11 is 0. The van der Waals surface area contributed by atoms with Crippen molar-refractivity contribution in [3.05, 3.63) is 59.7 Å². The number of esters is 2. The van der Waals surface area contributed by atoms with Gasteiger partial charge in [0.1, 0.15) is 13.2 Å². The summed E-state index contributed by atoms with van der Waals surface area (Å²) in [6.07, 6.45) is 16.6. The number of hydrogen-bond acceptors (Lipinski definition) is 6. The van der Waals surface area contributed by atoms with Crippen LogP contribution in [0.3, 0.4) is 0 Å². The number of rotatable bonds is 27. The monoisotopic (exact) mass is 636 g/mol. The molecule has 0 saturated carbocycles. The lowest BCUT2D eigenvalue weighted by Gasteiger charge is -2.22. The van der Waals surface area contributed by atoms with Gasteiger partial charge in [-0.3, -0.25) is 19.4 Å². The quantitative estimate of drug-likeness (QED) is 0.0719. The number of unbranched alkanes of at least 4 members (excludes halogenated alkanes) is 10. The van der Waals surface area contributed by atoms with E-state index in [1.165, 1.54) is 51.4 Å². The molecule has 0 aromatic heterocycles. The summed E-state index contributed by atoms with van der Waals surface area (Å²) in [5, 5.41) is 0. The molecule has 0 spiro atoms. The molecule has 0 aliphatic carbocycles. The molecule has 2 rings (SSSR count). The van der Waals surface area contributed by atoms with Gasteiger partial charge in [0.05, 0.1) is 13.1 Å².